The molecule has 0 N–H and O–H groups in total. The number of carbonyl (C=O) groups is 3. The van der Waals surface area contributed by atoms with Crippen molar-refractivity contribution in [2.75, 3.05) is 0 Å². The van der Waals surface area contributed by atoms with Crippen molar-refractivity contribution in [2.24, 2.45) is 0 Å². The Morgan fingerprint density at radius 3 is 2.40 bits per heavy atom. The van der Waals surface area contributed by atoms with Crippen LogP contribution in [-0.4, -0.2) is 23.8 Å². The lowest BCUT2D eigenvalue weighted by atomic mass is 10.1. The number of ketones is 1. The van der Waals surface area contributed by atoms with Crippen LogP contribution in [0.25, 0.3) is 5.76 Å². The highest BCUT2D eigenvalue weighted by atomic mass is 35.5. The molecule has 1 heterocycles. The number of Topliss-reactive ketones (excluding diaryl/α,β-unsaturated/α-hetero) is 1. The summed E-state index contributed by atoms with van der Waals surface area (Å²) < 4.78 is 10.2. The van der Waals surface area contributed by atoms with E-state index in [4.69, 9.17) is 21.1 Å². The highest BCUT2D eigenvalue weighted by molar-refractivity contribution is 6.30. The largest absolute Gasteiger partial charge is 0.451 e. The summed E-state index contributed by atoms with van der Waals surface area (Å²) in [5.41, 5.74) is 1.28. The quantitative estimate of drug-likeness (QED) is 0.475. The van der Waals surface area contributed by atoms with E-state index in [1.54, 1.807) is 48.5 Å². The topological polar surface area (TPSA) is 69.7 Å². The van der Waals surface area contributed by atoms with Crippen LogP contribution in [0.5, 0.6) is 0 Å². The SMILES string of the molecule is C[C@H](OC(=O)/C=C1/OC(=O)c2ccccc21)C(=O)c1ccc(Cl)cc1. The summed E-state index contributed by atoms with van der Waals surface area (Å²) in [6, 6.07) is 13.0. The third kappa shape index (κ3) is 3.61. The van der Waals surface area contributed by atoms with E-state index in [9.17, 15) is 14.4 Å². The summed E-state index contributed by atoms with van der Waals surface area (Å²) in [6.07, 6.45) is 0.0768. The van der Waals surface area contributed by atoms with E-state index in [0.717, 1.165) is 6.08 Å². The molecule has 0 saturated carbocycles. The molecule has 2 aromatic rings. The molecule has 6 heteroatoms. The highest BCUT2D eigenvalue weighted by Gasteiger charge is 2.27. The lowest BCUT2D eigenvalue weighted by Gasteiger charge is -2.11. The normalized spacial score (nSPS) is 15.4. The molecule has 3 rings (SSSR count). The maximum absolute atomic E-state index is 12.3. The summed E-state index contributed by atoms with van der Waals surface area (Å²) in [7, 11) is 0. The number of esters is 2. The second-order valence-electron chi connectivity index (χ2n) is 5.39. The van der Waals surface area contributed by atoms with Crippen LogP contribution < -0.4 is 0 Å². The van der Waals surface area contributed by atoms with Crippen molar-refractivity contribution in [1.82, 2.24) is 0 Å². The Bertz CT molecular complexity index is 883. The first-order chi connectivity index (χ1) is 12.0. The van der Waals surface area contributed by atoms with Gasteiger partial charge in [0, 0.05) is 16.1 Å². The van der Waals surface area contributed by atoms with Gasteiger partial charge in [0.15, 0.2) is 6.10 Å². The first kappa shape index (κ1) is 16.9. The number of benzene rings is 2. The van der Waals surface area contributed by atoms with Gasteiger partial charge in [-0.15, -0.1) is 0 Å². The van der Waals surface area contributed by atoms with Crippen LogP contribution in [0.15, 0.2) is 54.6 Å². The molecule has 1 atom stereocenters. The van der Waals surface area contributed by atoms with Gasteiger partial charge in [0.05, 0.1) is 11.6 Å². The van der Waals surface area contributed by atoms with E-state index < -0.39 is 18.0 Å². The molecule has 0 fully saturated rings. The lowest BCUT2D eigenvalue weighted by Crippen LogP contribution is -2.23. The van der Waals surface area contributed by atoms with E-state index >= 15 is 0 Å². The number of rotatable bonds is 4. The number of ether oxygens (including phenoxy) is 2. The van der Waals surface area contributed by atoms with Crippen molar-refractivity contribution < 1.29 is 23.9 Å². The van der Waals surface area contributed by atoms with Crippen molar-refractivity contribution in [2.45, 2.75) is 13.0 Å². The number of halogens is 1. The molecule has 5 nitrogen and oxygen atoms in total. The number of hydrogen-bond acceptors (Lipinski definition) is 5. The predicted octanol–water partition coefficient (Wildman–Crippen LogP) is 3.67. The van der Waals surface area contributed by atoms with Crippen molar-refractivity contribution in [3.63, 3.8) is 0 Å². The Hall–Kier alpha value is -2.92. The van der Waals surface area contributed by atoms with Crippen molar-refractivity contribution in [3.05, 3.63) is 76.3 Å². The van der Waals surface area contributed by atoms with Crippen LogP contribution >= 0.6 is 11.6 Å². The number of cyclic esters (lactones) is 1. The maximum Gasteiger partial charge on any atom is 0.344 e. The van der Waals surface area contributed by atoms with E-state index in [1.165, 1.54) is 6.92 Å². The minimum Gasteiger partial charge on any atom is -0.451 e. The van der Waals surface area contributed by atoms with Gasteiger partial charge in [0.25, 0.3) is 0 Å². The van der Waals surface area contributed by atoms with Gasteiger partial charge in [-0.1, -0.05) is 29.8 Å². The fourth-order valence-electron chi connectivity index (χ4n) is 2.41. The Morgan fingerprint density at radius 2 is 1.72 bits per heavy atom. The molecule has 1 aliphatic heterocycles. The number of hydrogen-bond donors (Lipinski definition) is 0. The van der Waals surface area contributed by atoms with Crippen molar-refractivity contribution >= 4 is 35.1 Å². The van der Waals surface area contributed by atoms with Crippen LogP contribution in [0.1, 0.15) is 33.2 Å². The summed E-state index contributed by atoms with van der Waals surface area (Å²) in [5, 5.41) is 0.507. The van der Waals surface area contributed by atoms with E-state index in [-0.39, 0.29) is 11.5 Å². The van der Waals surface area contributed by atoms with E-state index in [2.05, 4.69) is 0 Å². The molecular formula is C19H13ClO5. The minimum atomic E-state index is -0.988. The van der Waals surface area contributed by atoms with Gasteiger partial charge in [0.2, 0.25) is 5.78 Å². The van der Waals surface area contributed by atoms with Crippen LogP contribution in [-0.2, 0) is 14.3 Å². The molecule has 0 aliphatic carbocycles. The van der Waals surface area contributed by atoms with E-state index in [1.807, 2.05) is 0 Å². The maximum atomic E-state index is 12.3. The van der Waals surface area contributed by atoms with Crippen LogP contribution in [0.3, 0.4) is 0 Å². The molecule has 0 aromatic heterocycles. The van der Waals surface area contributed by atoms with Gasteiger partial charge in [-0.3, -0.25) is 4.79 Å². The average Bonchev–Trinajstić information content (AvgIpc) is 2.91. The molecule has 0 saturated heterocycles. The van der Waals surface area contributed by atoms with Gasteiger partial charge < -0.3 is 9.47 Å². The van der Waals surface area contributed by atoms with Crippen molar-refractivity contribution in [1.29, 1.82) is 0 Å². The van der Waals surface area contributed by atoms with Crippen LogP contribution in [0, 0.1) is 0 Å². The molecule has 0 bridgehead atoms. The molecule has 2 aromatic carbocycles. The highest BCUT2D eigenvalue weighted by Crippen LogP contribution is 2.29. The van der Waals surface area contributed by atoms with Crippen LogP contribution in [0.2, 0.25) is 5.02 Å². The summed E-state index contributed by atoms with van der Waals surface area (Å²) in [4.78, 5) is 36.0. The smallest absolute Gasteiger partial charge is 0.344 e. The van der Waals surface area contributed by atoms with Crippen LogP contribution in [0.4, 0.5) is 0 Å². The Balaban J connectivity index is 1.71. The van der Waals surface area contributed by atoms with E-state index in [0.29, 0.717) is 21.7 Å². The Kier molecular flexibility index (Phi) is 4.67. The molecule has 25 heavy (non-hydrogen) atoms. The fraction of sp³-hybridized carbons (Fsp3) is 0.105. The zero-order chi connectivity index (χ0) is 18.0. The van der Waals surface area contributed by atoms with Gasteiger partial charge >= 0.3 is 11.9 Å². The average molecular weight is 357 g/mol. The van der Waals surface area contributed by atoms with Crippen molar-refractivity contribution in [3.8, 4) is 0 Å². The second kappa shape index (κ2) is 6.91. The zero-order valence-electron chi connectivity index (χ0n) is 13.2. The molecule has 0 spiro atoms. The summed E-state index contributed by atoms with van der Waals surface area (Å²) in [6.45, 7) is 1.47. The number of carbonyl (C=O) groups excluding carboxylic acids is 3. The minimum absolute atomic E-state index is 0.108. The fourth-order valence-corrected chi connectivity index (χ4v) is 2.54. The first-order valence-electron chi connectivity index (χ1n) is 7.49. The molecule has 0 radical (unpaired) electrons. The van der Waals surface area contributed by atoms with Gasteiger partial charge in [-0.25, -0.2) is 9.59 Å². The summed E-state index contributed by atoms with van der Waals surface area (Å²) in [5.74, 6) is -1.54. The van der Waals surface area contributed by atoms with Gasteiger partial charge in [-0.2, -0.15) is 0 Å². The Morgan fingerprint density at radius 1 is 1.08 bits per heavy atom. The van der Waals surface area contributed by atoms with Gasteiger partial charge in [-0.05, 0) is 37.3 Å². The third-order valence-electron chi connectivity index (χ3n) is 3.65. The molecule has 0 amide bonds. The molecule has 0 unspecified atom stereocenters. The molecular weight excluding hydrogens is 344 g/mol. The van der Waals surface area contributed by atoms with Gasteiger partial charge in [0.1, 0.15) is 5.76 Å². The standard InChI is InChI=1S/C19H13ClO5/c1-11(18(22)12-6-8-13(20)9-7-12)24-17(21)10-16-14-4-2-3-5-15(14)19(23)25-16/h2-11H,1H3/b16-10+/t11-/m0/s1. The molecule has 1 aliphatic rings. The zero-order valence-corrected chi connectivity index (χ0v) is 13.9. The first-order valence-corrected chi connectivity index (χ1v) is 7.87. The third-order valence-corrected chi connectivity index (χ3v) is 3.91. The predicted molar refractivity (Wildman–Crippen MR) is 91.2 cm³/mol. The lowest BCUT2D eigenvalue weighted by molar-refractivity contribution is -0.140. The second-order valence-corrected chi connectivity index (χ2v) is 5.83. The number of fused-ring (bicyclic) bond motifs is 1. The summed E-state index contributed by atoms with van der Waals surface area (Å²) >= 11 is 5.78. The molecule has 126 valence electrons. The Labute approximate surface area is 148 Å². The monoisotopic (exact) mass is 356 g/mol.